The number of hydrogen-bond donors (Lipinski definition) is 1. The third-order valence-electron chi connectivity index (χ3n) is 6.80. The van der Waals surface area contributed by atoms with Gasteiger partial charge in [-0.3, -0.25) is 4.79 Å². The lowest BCUT2D eigenvalue weighted by molar-refractivity contribution is 0.0782. The summed E-state index contributed by atoms with van der Waals surface area (Å²) >= 11 is 0. The van der Waals surface area contributed by atoms with Gasteiger partial charge in [0.25, 0.3) is 5.91 Å². The summed E-state index contributed by atoms with van der Waals surface area (Å²) in [7, 11) is 5.72. The summed E-state index contributed by atoms with van der Waals surface area (Å²) in [5, 5.41) is 0.927. The Kier molecular flexibility index (Phi) is 6.36. The number of fused-ring (bicyclic) bond motifs is 1. The molecule has 6 nitrogen and oxygen atoms in total. The average Bonchev–Trinajstić information content (AvgIpc) is 3.51. The van der Waals surface area contributed by atoms with E-state index in [-0.39, 0.29) is 5.91 Å². The van der Waals surface area contributed by atoms with E-state index in [1.165, 1.54) is 12.1 Å². The maximum atomic E-state index is 14.7. The van der Waals surface area contributed by atoms with Gasteiger partial charge in [-0.05, 0) is 61.5 Å². The van der Waals surface area contributed by atoms with Crippen LogP contribution in [0.25, 0.3) is 33.3 Å². The van der Waals surface area contributed by atoms with E-state index in [1.54, 1.807) is 19.4 Å². The second-order valence-electron chi connectivity index (χ2n) is 9.30. The number of aromatic nitrogens is 2. The van der Waals surface area contributed by atoms with Gasteiger partial charge in [0.15, 0.2) is 0 Å². The zero-order chi connectivity index (χ0) is 24.5. The number of hydrogen-bond acceptors (Lipinski definition) is 4. The van der Waals surface area contributed by atoms with E-state index in [4.69, 9.17) is 4.74 Å². The first kappa shape index (κ1) is 23.2. The fraction of sp³-hybridized carbons (Fsp3) is 0.286. The molecule has 1 aliphatic rings. The van der Waals surface area contributed by atoms with Crippen molar-refractivity contribution in [3.63, 3.8) is 0 Å². The van der Waals surface area contributed by atoms with Crippen LogP contribution in [0.2, 0.25) is 0 Å². The maximum absolute atomic E-state index is 14.7. The van der Waals surface area contributed by atoms with Gasteiger partial charge in [0.1, 0.15) is 11.5 Å². The SMILES string of the molecule is COCc1ccccc1-c1c[nH]c2ncc(-c3cc(F)cc(C(=O)N4CCC(N(C)C)C4)c3)cc12. The van der Waals surface area contributed by atoms with E-state index in [0.29, 0.717) is 36.9 Å². The smallest absolute Gasteiger partial charge is 0.254 e. The number of amides is 1. The molecule has 180 valence electrons. The molecule has 0 bridgehead atoms. The van der Waals surface area contributed by atoms with Crippen molar-refractivity contribution in [3.8, 4) is 22.3 Å². The molecule has 1 aliphatic heterocycles. The fourth-order valence-corrected chi connectivity index (χ4v) is 4.86. The van der Waals surface area contributed by atoms with Gasteiger partial charge in [0, 0.05) is 60.7 Å². The number of H-pyrrole nitrogens is 1. The van der Waals surface area contributed by atoms with Gasteiger partial charge in [0.05, 0.1) is 6.61 Å². The van der Waals surface area contributed by atoms with Crippen molar-refractivity contribution in [1.82, 2.24) is 19.8 Å². The van der Waals surface area contributed by atoms with Crippen molar-refractivity contribution in [2.75, 3.05) is 34.3 Å². The summed E-state index contributed by atoms with van der Waals surface area (Å²) in [6.45, 7) is 1.82. The van der Waals surface area contributed by atoms with Crippen LogP contribution in [0.4, 0.5) is 4.39 Å². The Hall–Kier alpha value is -3.55. The molecular weight excluding hydrogens is 443 g/mol. The van der Waals surface area contributed by atoms with Gasteiger partial charge in [-0.15, -0.1) is 0 Å². The molecule has 4 aromatic rings. The zero-order valence-corrected chi connectivity index (χ0v) is 20.2. The molecule has 35 heavy (non-hydrogen) atoms. The lowest BCUT2D eigenvalue weighted by Gasteiger charge is -2.20. The number of pyridine rings is 1. The number of aromatic amines is 1. The van der Waals surface area contributed by atoms with Gasteiger partial charge in [-0.1, -0.05) is 24.3 Å². The number of carbonyl (C=O) groups is 1. The number of nitrogens with zero attached hydrogens (tertiary/aromatic N) is 3. The summed E-state index contributed by atoms with van der Waals surface area (Å²) in [6.07, 6.45) is 4.57. The molecule has 0 spiro atoms. The Balaban J connectivity index is 1.51. The highest BCUT2D eigenvalue weighted by Gasteiger charge is 2.28. The van der Waals surface area contributed by atoms with Gasteiger partial charge < -0.3 is 19.5 Å². The first-order valence-electron chi connectivity index (χ1n) is 11.8. The van der Waals surface area contributed by atoms with Crippen molar-refractivity contribution >= 4 is 16.9 Å². The van der Waals surface area contributed by atoms with Crippen LogP contribution in [0.5, 0.6) is 0 Å². The standard InChI is InChI=1S/C28H29FN4O2/c1-32(2)23-8-9-33(16-23)28(34)20-10-19(11-22(29)12-20)21-13-25-26(15-31-27(25)30-14-21)24-7-5-4-6-18(24)17-35-3/h4-7,10-15,23H,8-9,16-17H2,1-3H3,(H,30,31). The summed E-state index contributed by atoms with van der Waals surface area (Å²) in [6, 6.07) is 14.9. The largest absolute Gasteiger partial charge is 0.380 e. The molecule has 1 N–H and O–H groups in total. The summed E-state index contributed by atoms with van der Waals surface area (Å²) in [4.78, 5) is 24.9. The monoisotopic (exact) mass is 472 g/mol. The first-order chi connectivity index (χ1) is 16.9. The highest BCUT2D eigenvalue weighted by molar-refractivity contribution is 5.98. The van der Waals surface area contributed by atoms with E-state index in [2.05, 4.69) is 20.9 Å². The van der Waals surface area contributed by atoms with Crippen LogP contribution < -0.4 is 0 Å². The molecule has 1 saturated heterocycles. The Morgan fingerprint density at radius 2 is 2.00 bits per heavy atom. The van der Waals surface area contributed by atoms with Crippen LogP contribution in [0, 0.1) is 5.82 Å². The van der Waals surface area contributed by atoms with E-state index >= 15 is 0 Å². The van der Waals surface area contributed by atoms with E-state index in [0.717, 1.165) is 39.7 Å². The highest BCUT2D eigenvalue weighted by Crippen LogP contribution is 2.33. The number of likely N-dealkylation sites (tertiary alicyclic amines) is 1. The lowest BCUT2D eigenvalue weighted by Crippen LogP contribution is -2.34. The van der Waals surface area contributed by atoms with E-state index in [9.17, 15) is 9.18 Å². The number of nitrogens with one attached hydrogen (secondary N) is 1. The summed E-state index contributed by atoms with van der Waals surface area (Å²) in [5.74, 6) is -0.575. The van der Waals surface area contributed by atoms with Gasteiger partial charge in [-0.25, -0.2) is 9.37 Å². The molecule has 0 aliphatic carbocycles. The molecule has 1 atom stereocenters. The molecule has 7 heteroatoms. The average molecular weight is 473 g/mol. The predicted molar refractivity (Wildman–Crippen MR) is 136 cm³/mol. The van der Waals surface area contributed by atoms with Crippen molar-refractivity contribution in [2.45, 2.75) is 19.1 Å². The Bertz CT molecular complexity index is 1380. The molecule has 5 rings (SSSR count). The number of rotatable bonds is 6. The third-order valence-corrected chi connectivity index (χ3v) is 6.80. The number of methoxy groups -OCH3 is 1. The molecule has 2 aromatic carbocycles. The number of carbonyl (C=O) groups excluding carboxylic acids is 1. The fourth-order valence-electron chi connectivity index (χ4n) is 4.86. The number of halogens is 1. The maximum Gasteiger partial charge on any atom is 0.254 e. The summed E-state index contributed by atoms with van der Waals surface area (Å²) in [5.41, 5.74) is 5.61. The van der Waals surface area contributed by atoms with E-state index < -0.39 is 5.82 Å². The normalized spacial score (nSPS) is 15.9. The zero-order valence-electron chi connectivity index (χ0n) is 20.2. The second kappa shape index (κ2) is 9.60. The minimum Gasteiger partial charge on any atom is -0.380 e. The molecule has 1 amide bonds. The topological polar surface area (TPSA) is 61.5 Å². The van der Waals surface area contributed by atoms with Crippen LogP contribution >= 0.6 is 0 Å². The molecule has 0 saturated carbocycles. The van der Waals surface area contributed by atoms with Crippen LogP contribution in [-0.2, 0) is 11.3 Å². The van der Waals surface area contributed by atoms with Crippen molar-refractivity contribution in [2.24, 2.45) is 0 Å². The molecule has 1 fully saturated rings. The Labute approximate surface area is 204 Å². The predicted octanol–water partition coefficient (Wildman–Crippen LogP) is 4.96. The molecule has 2 aromatic heterocycles. The van der Waals surface area contributed by atoms with Crippen LogP contribution in [0.15, 0.2) is 60.9 Å². The molecule has 0 radical (unpaired) electrons. The molecule has 3 heterocycles. The van der Waals surface area contributed by atoms with E-state index in [1.807, 2.05) is 49.5 Å². The Morgan fingerprint density at radius 3 is 2.77 bits per heavy atom. The van der Waals surface area contributed by atoms with Gasteiger partial charge in [0.2, 0.25) is 0 Å². The van der Waals surface area contributed by atoms with Crippen molar-refractivity contribution in [3.05, 3.63) is 77.9 Å². The van der Waals surface area contributed by atoms with Crippen molar-refractivity contribution in [1.29, 1.82) is 0 Å². The quantitative estimate of drug-likeness (QED) is 0.431. The number of benzene rings is 2. The highest BCUT2D eigenvalue weighted by atomic mass is 19.1. The van der Waals surface area contributed by atoms with Gasteiger partial charge >= 0.3 is 0 Å². The number of likely N-dealkylation sites (N-methyl/N-ethyl adjacent to an activating group) is 1. The molecular formula is C28H29FN4O2. The summed E-state index contributed by atoms with van der Waals surface area (Å²) < 4.78 is 20.1. The third kappa shape index (κ3) is 4.57. The second-order valence-corrected chi connectivity index (χ2v) is 9.30. The lowest BCUT2D eigenvalue weighted by atomic mass is 9.98. The van der Waals surface area contributed by atoms with Crippen LogP contribution in [-0.4, -0.2) is 66.0 Å². The first-order valence-corrected chi connectivity index (χ1v) is 11.8. The van der Waals surface area contributed by atoms with Crippen LogP contribution in [0.3, 0.4) is 0 Å². The minimum atomic E-state index is -0.436. The Morgan fingerprint density at radius 1 is 1.17 bits per heavy atom. The van der Waals surface area contributed by atoms with Crippen LogP contribution in [0.1, 0.15) is 22.3 Å². The van der Waals surface area contributed by atoms with Gasteiger partial charge in [-0.2, -0.15) is 0 Å². The minimum absolute atomic E-state index is 0.139. The van der Waals surface area contributed by atoms with Crippen molar-refractivity contribution < 1.29 is 13.9 Å². The molecule has 1 unspecified atom stereocenters. The number of ether oxygens (including phenoxy) is 1.